The van der Waals surface area contributed by atoms with Crippen LogP contribution in [0.3, 0.4) is 0 Å². The van der Waals surface area contributed by atoms with E-state index in [1.165, 1.54) is 19.5 Å². The van der Waals surface area contributed by atoms with E-state index < -0.39 is 23.5 Å². The zero-order valence-corrected chi connectivity index (χ0v) is 19.6. The Morgan fingerprint density at radius 3 is 2.42 bits per heavy atom. The Labute approximate surface area is 192 Å². The average Bonchev–Trinajstić information content (AvgIpc) is 3.49. The zero-order chi connectivity index (χ0) is 24.0. The highest BCUT2D eigenvalue weighted by atomic mass is 16.6. The number of aromatic nitrogens is 4. The van der Waals surface area contributed by atoms with E-state index in [1.807, 2.05) is 20.8 Å². The Balaban J connectivity index is 1.53. The number of nitrogens with zero attached hydrogens (tertiary/aromatic N) is 6. The van der Waals surface area contributed by atoms with E-state index in [9.17, 15) is 14.7 Å². The number of carbonyl (C=O) groups is 2. The summed E-state index contributed by atoms with van der Waals surface area (Å²) in [6.45, 7) is 7.07. The van der Waals surface area contributed by atoms with Crippen molar-refractivity contribution in [3.05, 3.63) is 41.2 Å². The number of methoxy groups -OCH3 is 1. The molecule has 33 heavy (non-hydrogen) atoms. The summed E-state index contributed by atoms with van der Waals surface area (Å²) in [5, 5.41) is 14.9. The highest BCUT2D eigenvalue weighted by molar-refractivity contribution is 5.96. The van der Waals surface area contributed by atoms with Crippen LogP contribution in [0.2, 0.25) is 0 Å². The number of ether oxygens (including phenoxy) is 2. The molecular formula is C22H30N6O5. The fourth-order valence-corrected chi connectivity index (χ4v) is 4.02. The molecule has 1 saturated carbocycles. The van der Waals surface area contributed by atoms with Gasteiger partial charge in [-0.05, 0) is 33.6 Å². The Kier molecular flexibility index (Phi) is 5.97. The molecule has 1 unspecified atom stereocenters. The lowest BCUT2D eigenvalue weighted by Gasteiger charge is -2.35. The molecular weight excluding hydrogens is 428 g/mol. The monoisotopic (exact) mass is 458 g/mol. The minimum absolute atomic E-state index is 0.192. The molecule has 1 amide bonds. The number of esters is 1. The second-order valence-corrected chi connectivity index (χ2v) is 9.44. The standard InChI is InChI=1S/C22H30N6O5/c1-21(2,3)33-20(31)27-8-9-28-16(13-27)15(12-25-28)17(29)26(4)22(6-7-22)19-23-10-14(11-24-19)18(30)32-5/h10-12,20,31H,6-9,13H2,1-5H3. The van der Waals surface area contributed by atoms with Crippen molar-refractivity contribution in [2.24, 2.45) is 0 Å². The molecule has 0 bridgehead atoms. The molecule has 11 nitrogen and oxygen atoms in total. The molecule has 1 atom stereocenters. The molecule has 4 rings (SSSR count). The number of hydrogen-bond donors (Lipinski definition) is 1. The zero-order valence-electron chi connectivity index (χ0n) is 19.6. The van der Waals surface area contributed by atoms with Crippen molar-refractivity contribution in [2.75, 3.05) is 20.7 Å². The van der Waals surface area contributed by atoms with Crippen molar-refractivity contribution in [3.8, 4) is 0 Å². The fraction of sp³-hybridized carbons (Fsp3) is 0.591. The van der Waals surface area contributed by atoms with Gasteiger partial charge in [0.1, 0.15) is 5.54 Å². The Morgan fingerprint density at radius 1 is 1.18 bits per heavy atom. The van der Waals surface area contributed by atoms with E-state index in [0.29, 0.717) is 31.0 Å². The number of fused-ring (bicyclic) bond motifs is 1. The molecule has 0 radical (unpaired) electrons. The smallest absolute Gasteiger partial charge is 0.341 e. The molecule has 2 aliphatic rings. The summed E-state index contributed by atoms with van der Waals surface area (Å²) in [4.78, 5) is 37.3. The normalized spacial score (nSPS) is 18.4. The van der Waals surface area contributed by atoms with Gasteiger partial charge in [0.05, 0.1) is 42.3 Å². The minimum atomic E-state index is -1.08. The predicted molar refractivity (Wildman–Crippen MR) is 116 cm³/mol. The molecule has 0 aromatic carbocycles. The van der Waals surface area contributed by atoms with Gasteiger partial charge in [-0.15, -0.1) is 0 Å². The molecule has 0 spiro atoms. The molecule has 1 aliphatic carbocycles. The van der Waals surface area contributed by atoms with Crippen molar-refractivity contribution >= 4 is 11.9 Å². The lowest BCUT2D eigenvalue weighted by Crippen LogP contribution is -2.46. The molecule has 1 N–H and O–H groups in total. The summed E-state index contributed by atoms with van der Waals surface area (Å²) in [5.74, 6) is -0.213. The maximum absolute atomic E-state index is 13.5. The third-order valence-corrected chi connectivity index (χ3v) is 6.06. The van der Waals surface area contributed by atoms with E-state index in [1.54, 1.807) is 27.7 Å². The number of amides is 1. The van der Waals surface area contributed by atoms with E-state index >= 15 is 0 Å². The summed E-state index contributed by atoms with van der Waals surface area (Å²) < 4.78 is 12.2. The maximum atomic E-state index is 13.5. The van der Waals surface area contributed by atoms with Crippen LogP contribution in [0.1, 0.15) is 65.8 Å². The van der Waals surface area contributed by atoms with Gasteiger partial charge in [0.2, 0.25) is 6.41 Å². The van der Waals surface area contributed by atoms with Crippen LogP contribution >= 0.6 is 0 Å². The van der Waals surface area contributed by atoms with Crippen LogP contribution in [0, 0.1) is 0 Å². The topological polar surface area (TPSA) is 123 Å². The Hall–Kier alpha value is -2.89. The van der Waals surface area contributed by atoms with Crippen LogP contribution in [0.4, 0.5) is 0 Å². The van der Waals surface area contributed by atoms with E-state index in [-0.39, 0.29) is 11.5 Å². The summed E-state index contributed by atoms with van der Waals surface area (Å²) in [6, 6.07) is 0. The van der Waals surface area contributed by atoms with E-state index in [2.05, 4.69) is 15.1 Å². The third kappa shape index (κ3) is 4.48. The second-order valence-electron chi connectivity index (χ2n) is 9.44. The van der Waals surface area contributed by atoms with Crippen LogP contribution in [0.5, 0.6) is 0 Å². The number of hydrogen-bond acceptors (Lipinski definition) is 9. The largest absolute Gasteiger partial charge is 0.465 e. The van der Waals surface area contributed by atoms with Crippen molar-refractivity contribution in [1.29, 1.82) is 0 Å². The van der Waals surface area contributed by atoms with Gasteiger partial charge in [0.25, 0.3) is 5.91 Å². The number of carbonyl (C=O) groups excluding carboxylic acids is 2. The first-order chi connectivity index (χ1) is 15.6. The van der Waals surface area contributed by atoms with Crippen LogP contribution in [-0.2, 0) is 28.1 Å². The van der Waals surface area contributed by atoms with Gasteiger partial charge in [-0.2, -0.15) is 5.10 Å². The van der Waals surface area contributed by atoms with Crippen molar-refractivity contribution < 1.29 is 24.2 Å². The second kappa shape index (κ2) is 8.47. The van der Waals surface area contributed by atoms with Crippen LogP contribution in [0.15, 0.2) is 18.6 Å². The molecule has 0 saturated heterocycles. The predicted octanol–water partition coefficient (Wildman–Crippen LogP) is 1.13. The van der Waals surface area contributed by atoms with Gasteiger partial charge in [0, 0.05) is 32.5 Å². The number of aliphatic hydroxyl groups excluding tert-OH is 1. The summed E-state index contributed by atoms with van der Waals surface area (Å²) in [6.07, 6.45) is 4.78. The van der Waals surface area contributed by atoms with Crippen LogP contribution in [0.25, 0.3) is 0 Å². The SMILES string of the molecule is COC(=O)c1cnc(C2(N(C)C(=O)c3cnn4c3CN(C(O)OC(C)(C)C)CC4)CC2)nc1. The van der Waals surface area contributed by atoms with Crippen molar-refractivity contribution in [1.82, 2.24) is 29.5 Å². The van der Waals surface area contributed by atoms with Gasteiger partial charge in [-0.1, -0.05) is 0 Å². The highest BCUT2D eigenvalue weighted by Gasteiger charge is 2.53. The summed E-state index contributed by atoms with van der Waals surface area (Å²) in [7, 11) is 3.03. The first-order valence-corrected chi connectivity index (χ1v) is 10.9. The van der Waals surface area contributed by atoms with Gasteiger partial charge in [-0.3, -0.25) is 9.48 Å². The summed E-state index contributed by atoms with van der Waals surface area (Å²) >= 11 is 0. The third-order valence-electron chi connectivity index (χ3n) is 6.06. The molecule has 3 heterocycles. The summed E-state index contributed by atoms with van der Waals surface area (Å²) in [5.41, 5.74) is 0.338. The first kappa shape index (κ1) is 23.3. The maximum Gasteiger partial charge on any atom is 0.341 e. The minimum Gasteiger partial charge on any atom is -0.465 e. The van der Waals surface area contributed by atoms with Gasteiger partial charge >= 0.3 is 5.97 Å². The van der Waals surface area contributed by atoms with Crippen LogP contribution < -0.4 is 0 Å². The van der Waals surface area contributed by atoms with E-state index in [0.717, 1.165) is 18.5 Å². The van der Waals surface area contributed by atoms with Gasteiger partial charge < -0.3 is 19.5 Å². The molecule has 2 aromatic rings. The quantitative estimate of drug-likeness (QED) is 0.501. The number of aliphatic hydroxyl groups is 1. The average molecular weight is 459 g/mol. The molecule has 1 aliphatic heterocycles. The fourth-order valence-electron chi connectivity index (χ4n) is 4.02. The lowest BCUT2D eigenvalue weighted by molar-refractivity contribution is -0.244. The molecule has 1 fully saturated rings. The number of rotatable bonds is 6. The van der Waals surface area contributed by atoms with Crippen molar-refractivity contribution in [2.45, 2.75) is 64.3 Å². The first-order valence-electron chi connectivity index (χ1n) is 10.9. The molecule has 2 aromatic heterocycles. The molecule has 11 heteroatoms. The highest BCUT2D eigenvalue weighted by Crippen LogP contribution is 2.49. The van der Waals surface area contributed by atoms with Gasteiger partial charge in [0.15, 0.2) is 5.82 Å². The van der Waals surface area contributed by atoms with Gasteiger partial charge in [-0.25, -0.2) is 19.7 Å². The molecule has 178 valence electrons. The lowest BCUT2D eigenvalue weighted by atomic mass is 10.1. The Morgan fingerprint density at radius 2 is 1.85 bits per heavy atom. The van der Waals surface area contributed by atoms with Crippen LogP contribution in [-0.4, -0.2) is 79.2 Å². The van der Waals surface area contributed by atoms with Crippen molar-refractivity contribution in [3.63, 3.8) is 0 Å². The van der Waals surface area contributed by atoms with E-state index in [4.69, 9.17) is 9.47 Å². The Bertz CT molecular complexity index is 1040.